The van der Waals surface area contributed by atoms with Crippen molar-refractivity contribution in [3.8, 4) is 0 Å². The maximum Gasteiger partial charge on any atom is 0.243 e. The second-order valence-electron chi connectivity index (χ2n) is 1.13. The maximum absolute atomic E-state index is 11.5. The van der Waals surface area contributed by atoms with Gasteiger partial charge in [0.1, 0.15) is 5.83 Å². The van der Waals surface area contributed by atoms with E-state index in [2.05, 4.69) is 5.73 Å². The highest BCUT2D eigenvalue weighted by molar-refractivity contribution is 5.86. The van der Waals surface area contributed by atoms with Gasteiger partial charge in [0.05, 0.1) is 0 Å². The Morgan fingerprint density at radius 3 is 2.29 bits per heavy atom. The van der Waals surface area contributed by atoms with Gasteiger partial charge in [-0.3, -0.25) is 4.79 Å². The molecule has 2 N–H and O–H groups in total. The molecule has 0 rings (SSSR count). The number of amides is 1. The van der Waals surface area contributed by atoms with E-state index in [1.807, 2.05) is 0 Å². The van der Waals surface area contributed by atoms with Crippen LogP contribution in [0.2, 0.25) is 0 Å². The van der Waals surface area contributed by atoms with Crippen LogP contribution in [0.4, 0.5) is 4.39 Å². The summed E-state index contributed by atoms with van der Waals surface area (Å²) >= 11 is 0. The van der Waals surface area contributed by atoms with Gasteiger partial charge < -0.3 is 5.73 Å². The Hall–Kier alpha value is -0.860. The topological polar surface area (TPSA) is 43.1 Å². The summed E-state index contributed by atoms with van der Waals surface area (Å²) in [4.78, 5) is 9.72. The van der Waals surface area contributed by atoms with Crippen molar-refractivity contribution >= 4 is 5.91 Å². The molecule has 0 bridgehead atoms. The molecule has 0 spiro atoms. The van der Waals surface area contributed by atoms with E-state index in [1.54, 1.807) is 0 Å². The Kier molecular flexibility index (Phi) is 2.05. The van der Waals surface area contributed by atoms with Gasteiger partial charge in [-0.25, -0.2) is 4.39 Å². The van der Waals surface area contributed by atoms with Crippen LogP contribution in [0, 0.1) is 0 Å². The van der Waals surface area contributed by atoms with Gasteiger partial charge in [-0.1, -0.05) is 0 Å². The zero-order valence-electron chi connectivity index (χ0n) is 3.94. The third-order valence-electron chi connectivity index (χ3n) is 0.341. The Morgan fingerprint density at radius 2 is 2.29 bits per heavy atom. The van der Waals surface area contributed by atoms with Crippen LogP contribution >= 0.6 is 0 Å². The standard InChI is InChI=1S/C4H6FNO/c1-3(5)2-4(6)7/h2H,1H3,(H2,6,7)/b3-2-. The first-order valence-electron chi connectivity index (χ1n) is 1.76. The molecule has 0 fully saturated rings. The molecule has 3 heteroatoms. The fraction of sp³-hybridized carbons (Fsp3) is 0.250. The minimum atomic E-state index is -0.750. The van der Waals surface area contributed by atoms with Gasteiger partial charge in [0, 0.05) is 6.08 Å². The predicted octanol–water partition coefficient (Wildman–Crippen LogP) is 0.345. The highest BCUT2D eigenvalue weighted by Crippen LogP contribution is 1.88. The summed E-state index contributed by atoms with van der Waals surface area (Å²) in [6, 6.07) is 0. The maximum atomic E-state index is 11.5. The number of nitrogens with two attached hydrogens (primary N) is 1. The number of halogens is 1. The molecule has 0 aromatic rings. The van der Waals surface area contributed by atoms with Gasteiger partial charge >= 0.3 is 0 Å². The van der Waals surface area contributed by atoms with Crippen molar-refractivity contribution in [1.29, 1.82) is 0 Å². The lowest BCUT2D eigenvalue weighted by atomic mass is 10.5. The SMILES string of the molecule is C/C(F)=C/C(N)=O. The fourth-order valence-electron chi connectivity index (χ4n) is 0.196. The van der Waals surface area contributed by atoms with Crippen LogP contribution in [-0.2, 0) is 4.79 Å². The number of primary amides is 1. The summed E-state index contributed by atoms with van der Waals surface area (Å²) in [7, 11) is 0. The third kappa shape index (κ3) is 5.14. The first-order chi connectivity index (χ1) is 3.13. The predicted molar refractivity (Wildman–Crippen MR) is 24.1 cm³/mol. The van der Waals surface area contributed by atoms with Gasteiger partial charge in [0.25, 0.3) is 0 Å². The molecule has 40 valence electrons. The van der Waals surface area contributed by atoms with Crippen molar-refractivity contribution in [2.45, 2.75) is 6.92 Å². The number of allylic oxidation sites excluding steroid dienone is 1. The summed E-state index contributed by atoms with van der Waals surface area (Å²) in [5.41, 5.74) is 4.54. The molecule has 1 amide bonds. The van der Waals surface area contributed by atoms with Crippen molar-refractivity contribution in [3.63, 3.8) is 0 Å². The molecule has 0 aliphatic carbocycles. The van der Waals surface area contributed by atoms with Crippen molar-refractivity contribution in [2.75, 3.05) is 0 Å². The lowest BCUT2D eigenvalue weighted by Crippen LogP contribution is -2.05. The van der Waals surface area contributed by atoms with Crippen molar-refractivity contribution < 1.29 is 9.18 Å². The Bertz CT molecular complexity index is 104. The lowest BCUT2D eigenvalue weighted by Gasteiger charge is -1.77. The molecule has 0 saturated carbocycles. The zero-order chi connectivity index (χ0) is 5.86. The molecule has 2 nitrogen and oxygen atoms in total. The molecule has 0 heterocycles. The second-order valence-corrected chi connectivity index (χ2v) is 1.13. The molecule has 0 radical (unpaired) electrons. The Labute approximate surface area is 40.8 Å². The van der Waals surface area contributed by atoms with Crippen LogP contribution < -0.4 is 5.73 Å². The molecule has 0 saturated heterocycles. The van der Waals surface area contributed by atoms with Gasteiger partial charge in [-0.05, 0) is 6.92 Å². The zero-order valence-corrected chi connectivity index (χ0v) is 3.94. The summed E-state index contributed by atoms with van der Waals surface area (Å²) in [5.74, 6) is -1.31. The highest BCUT2D eigenvalue weighted by atomic mass is 19.1. The molecule has 0 aliphatic heterocycles. The summed E-state index contributed by atoms with van der Waals surface area (Å²) < 4.78 is 11.5. The Morgan fingerprint density at radius 1 is 1.86 bits per heavy atom. The fourth-order valence-corrected chi connectivity index (χ4v) is 0.196. The van der Waals surface area contributed by atoms with E-state index in [9.17, 15) is 9.18 Å². The van der Waals surface area contributed by atoms with E-state index in [0.717, 1.165) is 13.0 Å². The minimum absolute atomic E-state index is 0.562. The summed E-state index contributed by atoms with van der Waals surface area (Å²) in [5, 5.41) is 0. The van der Waals surface area contributed by atoms with Gasteiger partial charge in [-0.2, -0.15) is 0 Å². The first kappa shape index (κ1) is 6.14. The van der Waals surface area contributed by atoms with Crippen molar-refractivity contribution in [2.24, 2.45) is 5.73 Å². The van der Waals surface area contributed by atoms with Crippen LogP contribution in [0.25, 0.3) is 0 Å². The summed E-state index contributed by atoms with van der Waals surface area (Å²) in [6.45, 7) is 1.16. The highest BCUT2D eigenvalue weighted by Gasteiger charge is 1.84. The van der Waals surface area contributed by atoms with Crippen LogP contribution in [-0.4, -0.2) is 5.91 Å². The quantitative estimate of drug-likeness (QED) is 0.478. The average molecular weight is 103 g/mol. The van der Waals surface area contributed by atoms with E-state index in [4.69, 9.17) is 0 Å². The van der Waals surface area contributed by atoms with Gasteiger partial charge in [-0.15, -0.1) is 0 Å². The number of hydrogen-bond donors (Lipinski definition) is 1. The monoisotopic (exact) mass is 103 g/mol. The Balaban J connectivity index is 3.68. The molecule has 7 heavy (non-hydrogen) atoms. The van der Waals surface area contributed by atoms with Gasteiger partial charge in [0.15, 0.2) is 0 Å². The minimum Gasteiger partial charge on any atom is -0.366 e. The van der Waals surface area contributed by atoms with E-state index in [-0.39, 0.29) is 0 Å². The molecule has 0 atom stereocenters. The molecular formula is C4H6FNO. The third-order valence-corrected chi connectivity index (χ3v) is 0.341. The number of carbonyl (C=O) groups excluding carboxylic acids is 1. The van der Waals surface area contributed by atoms with Crippen molar-refractivity contribution in [1.82, 2.24) is 0 Å². The average Bonchev–Trinajstić information content (AvgIpc) is 1.27. The van der Waals surface area contributed by atoms with Gasteiger partial charge in [0.2, 0.25) is 5.91 Å². The van der Waals surface area contributed by atoms with Crippen LogP contribution in [0.5, 0.6) is 0 Å². The number of hydrogen-bond acceptors (Lipinski definition) is 1. The molecular weight excluding hydrogens is 97.0 g/mol. The number of carbonyl (C=O) groups is 1. The molecule has 0 unspecified atom stereocenters. The van der Waals surface area contributed by atoms with E-state index in [1.165, 1.54) is 0 Å². The van der Waals surface area contributed by atoms with E-state index in [0.29, 0.717) is 0 Å². The van der Waals surface area contributed by atoms with Crippen molar-refractivity contribution in [3.05, 3.63) is 11.9 Å². The molecule has 0 aliphatic rings. The lowest BCUT2D eigenvalue weighted by molar-refractivity contribution is -0.113. The van der Waals surface area contributed by atoms with E-state index < -0.39 is 11.7 Å². The molecule has 0 aromatic heterocycles. The van der Waals surface area contributed by atoms with Crippen LogP contribution in [0.15, 0.2) is 11.9 Å². The summed E-state index contributed by atoms with van der Waals surface area (Å²) in [6.07, 6.45) is 0.722. The number of rotatable bonds is 1. The molecule has 0 aromatic carbocycles. The van der Waals surface area contributed by atoms with Crippen LogP contribution in [0.1, 0.15) is 6.92 Å². The second kappa shape index (κ2) is 2.34. The van der Waals surface area contributed by atoms with Crippen LogP contribution in [0.3, 0.4) is 0 Å². The first-order valence-corrected chi connectivity index (χ1v) is 1.76. The normalized spacial score (nSPS) is 11.4. The van der Waals surface area contributed by atoms with E-state index >= 15 is 0 Å². The smallest absolute Gasteiger partial charge is 0.243 e. The largest absolute Gasteiger partial charge is 0.366 e.